The van der Waals surface area contributed by atoms with Gasteiger partial charge in [-0.05, 0) is 43.9 Å². The van der Waals surface area contributed by atoms with E-state index in [1.807, 2.05) is 0 Å². The van der Waals surface area contributed by atoms with Crippen LogP contribution < -0.4 is 4.74 Å². The molecule has 1 amide bonds. The third kappa shape index (κ3) is 2.58. The Bertz CT molecular complexity index is 833. The summed E-state index contributed by atoms with van der Waals surface area (Å²) in [7, 11) is 0. The van der Waals surface area contributed by atoms with Crippen LogP contribution in [0.25, 0.3) is 0 Å². The number of hydrogen-bond donors (Lipinski definition) is 0. The van der Waals surface area contributed by atoms with Crippen LogP contribution >= 0.6 is 0 Å². The average Bonchev–Trinajstić information content (AvgIpc) is 3.04. The maximum absolute atomic E-state index is 13.4. The van der Waals surface area contributed by atoms with Gasteiger partial charge in [-0.2, -0.15) is 4.98 Å². The van der Waals surface area contributed by atoms with Gasteiger partial charge in [0.25, 0.3) is 5.91 Å². The van der Waals surface area contributed by atoms with Gasteiger partial charge in [-0.1, -0.05) is 5.16 Å². The molecule has 0 bridgehead atoms. The number of nitrogens with zero attached hydrogens (tertiary/aromatic N) is 3. The molecule has 25 heavy (non-hydrogen) atoms. The minimum absolute atomic E-state index is 0.0862. The van der Waals surface area contributed by atoms with Gasteiger partial charge in [-0.3, -0.25) is 4.79 Å². The van der Waals surface area contributed by atoms with Crippen LogP contribution in [0.2, 0.25) is 0 Å². The highest BCUT2D eigenvalue weighted by atomic mass is 19.1. The highest BCUT2D eigenvalue weighted by Crippen LogP contribution is 2.40. The quantitative estimate of drug-likeness (QED) is 0.857. The molecule has 7 heteroatoms. The fraction of sp³-hybridized carbons (Fsp3) is 0.500. The molecule has 2 atom stereocenters. The fourth-order valence-corrected chi connectivity index (χ4v) is 3.72. The maximum Gasteiger partial charge on any atom is 0.264 e. The van der Waals surface area contributed by atoms with Crippen molar-refractivity contribution in [2.45, 2.75) is 50.2 Å². The van der Waals surface area contributed by atoms with Gasteiger partial charge >= 0.3 is 0 Å². The van der Waals surface area contributed by atoms with E-state index < -0.39 is 6.10 Å². The smallest absolute Gasteiger partial charge is 0.264 e. The van der Waals surface area contributed by atoms with Crippen molar-refractivity contribution in [2.75, 3.05) is 6.54 Å². The van der Waals surface area contributed by atoms with Gasteiger partial charge in [0.05, 0.1) is 6.04 Å². The fourth-order valence-electron chi connectivity index (χ4n) is 3.72. The molecule has 130 valence electrons. The first-order valence-electron chi connectivity index (χ1n) is 8.78. The third-order valence-corrected chi connectivity index (χ3v) is 5.19. The summed E-state index contributed by atoms with van der Waals surface area (Å²) in [6.07, 6.45) is 3.71. The zero-order valence-electron chi connectivity index (χ0n) is 13.7. The molecular weight excluding hydrogens is 325 g/mol. The molecule has 3 heterocycles. The predicted molar refractivity (Wildman–Crippen MR) is 84.5 cm³/mol. The standard InChI is InChI=1S/C18H18FN3O3/c19-12-5-6-14-11(8-12)9-15(24-14)18(23)22-7-1-2-13(22)16-20-17(25-21-16)10-3-4-10/h5-6,8,10,13,15H,1-4,7,9H2. The number of ether oxygens (including phenoxy) is 1. The molecule has 1 aromatic carbocycles. The Morgan fingerprint density at radius 2 is 2.16 bits per heavy atom. The van der Waals surface area contributed by atoms with Crippen molar-refractivity contribution in [1.82, 2.24) is 15.0 Å². The van der Waals surface area contributed by atoms with Crippen LogP contribution in [-0.2, 0) is 11.2 Å². The Balaban J connectivity index is 1.34. The molecule has 3 aliphatic rings. The van der Waals surface area contributed by atoms with E-state index in [9.17, 15) is 9.18 Å². The molecule has 0 N–H and O–H groups in total. The largest absolute Gasteiger partial charge is 0.480 e. The van der Waals surface area contributed by atoms with E-state index in [-0.39, 0.29) is 17.8 Å². The van der Waals surface area contributed by atoms with Crippen LogP contribution in [0.1, 0.15) is 54.9 Å². The van der Waals surface area contributed by atoms with Gasteiger partial charge in [0.1, 0.15) is 11.6 Å². The Hall–Kier alpha value is -2.44. The first-order chi connectivity index (χ1) is 12.2. The zero-order chi connectivity index (χ0) is 17.0. The molecular formula is C18H18FN3O3. The summed E-state index contributed by atoms with van der Waals surface area (Å²) >= 11 is 0. The number of aromatic nitrogens is 2. The van der Waals surface area contributed by atoms with Gasteiger partial charge in [-0.15, -0.1) is 0 Å². The maximum atomic E-state index is 13.4. The molecule has 5 rings (SSSR count). The normalized spacial score (nSPS) is 25.1. The molecule has 1 saturated carbocycles. The number of carbonyl (C=O) groups is 1. The monoisotopic (exact) mass is 343 g/mol. The Labute approximate surface area is 144 Å². The van der Waals surface area contributed by atoms with E-state index in [1.165, 1.54) is 12.1 Å². The van der Waals surface area contributed by atoms with Crippen LogP contribution in [-0.4, -0.2) is 33.6 Å². The number of likely N-dealkylation sites (tertiary alicyclic amines) is 1. The second-order valence-corrected chi connectivity index (χ2v) is 7.02. The number of fused-ring (bicyclic) bond motifs is 1. The molecule has 0 spiro atoms. The molecule has 1 aliphatic carbocycles. The minimum atomic E-state index is -0.604. The van der Waals surface area contributed by atoms with Crippen LogP contribution in [0, 0.1) is 5.82 Å². The molecule has 1 saturated heterocycles. The highest BCUT2D eigenvalue weighted by molar-refractivity contribution is 5.83. The molecule has 0 radical (unpaired) electrons. The second-order valence-electron chi connectivity index (χ2n) is 7.02. The van der Waals surface area contributed by atoms with Gasteiger partial charge < -0.3 is 14.2 Å². The van der Waals surface area contributed by atoms with E-state index in [2.05, 4.69) is 10.1 Å². The van der Waals surface area contributed by atoms with Crippen LogP contribution in [0.15, 0.2) is 22.7 Å². The van der Waals surface area contributed by atoms with E-state index in [1.54, 1.807) is 11.0 Å². The number of rotatable bonds is 3. The number of carbonyl (C=O) groups excluding carboxylic acids is 1. The lowest BCUT2D eigenvalue weighted by Gasteiger charge is -2.25. The van der Waals surface area contributed by atoms with Crippen molar-refractivity contribution in [3.63, 3.8) is 0 Å². The van der Waals surface area contributed by atoms with E-state index in [0.29, 0.717) is 36.3 Å². The van der Waals surface area contributed by atoms with E-state index >= 15 is 0 Å². The third-order valence-electron chi connectivity index (χ3n) is 5.19. The summed E-state index contributed by atoms with van der Waals surface area (Å²) in [6.45, 7) is 0.654. The van der Waals surface area contributed by atoms with Gasteiger partial charge in [-0.25, -0.2) is 4.39 Å². The summed E-state index contributed by atoms with van der Waals surface area (Å²) in [6, 6.07) is 4.21. The topological polar surface area (TPSA) is 68.5 Å². The summed E-state index contributed by atoms with van der Waals surface area (Å²) < 4.78 is 24.5. The van der Waals surface area contributed by atoms with Crippen molar-refractivity contribution < 1.29 is 18.4 Å². The number of hydrogen-bond acceptors (Lipinski definition) is 5. The number of benzene rings is 1. The number of amides is 1. The number of halogens is 1. The SMILES string of the molecule is O=C(C1Cc2cc(F)ccc2O1)N1CCCC1c1noc(C2CC2)n1. The van der Waals surface area contributed by atoms with Crippen molar-refractivity contribution in [3.05, 3.63) is 41.3 Å². The summed E-state index contributed by atoms with van der Waals surface area (Å²) in [4.78, 5) is 19.2. The molecule has 2 aromatic rings. The van der Waals surface area contributed by atoms with Crippen LogP contribution in [0.3, 0.4) is 0 Å². The Kier molecular flexibility index (Phi) is 3.29. The van der Waals surface area contributed by atoms with E-state index in [4.69, 9.17) is 9.26 Å². The van der Waals surface area contributed by atoms with Gasteiger partial charge in [0, 0.05) is 24.4 Å². The van der Waals surface area contributed by atoms with Crippen LogP contribution in [0.5, 0.6) is 5.75 Å². The lowest BCUT2D eigenvalue weighted by Crippen LogP contribution is -2.41. The average molecular weight is 343 g/mol. The summed E-state index contributed by atoms with van der Waals surface area (Å²) in [5.74, 6) is 1.87. The molecule has 6 nitrogen and oxygen atoms in total. The second kappa shape index (κ2) is 5.54. The van der Waals surface area contributed by atoms with Crippen molar-refractivity contribution in [3.8, 4) is 5.75 Å². The highest BCUT2D eigenvalue weighted by Gasteiger charge is 2.40. The summed E-state index contributed by atoms with van der Waals surface area (Å²) in [5, 5.41) is 4.10. The van der Waals surface area contributed by atoms with Crippen molar-refractivity contribution >= 4 is 5.91 Å². The zero-order valence-corrected chi connectivity index (χ0v) is 13.7. The lowest BCUT2D eigenvalue weighted by molar-refractivity contribution is -0.139. The molecule has 2 unspecified atom stereocenters. The molecule has 2 fully saturated rings. The predicted octanol–water partition coefficient (Wildman–Crippen LogP) is 2.75. The van der Waals surface area contributed by atoms with Gasteiger partial charge in [0.2, 0.25) is 5.89 Å². The summed E-state index contributed by atoms with van der Waals surface area (Å²) in [5.41, 5.74) is 0.740. The minimum Gasteiger partial charge on any atom is -0.480 e. The van der Waals surface area contributed by atoms with Crippen molar-refractivity contribution in [2.24, 2.45) is 0 Å². The van der Waals surface area contributed by atoms with Gasteiger partial charge in [0.15, 0.2) is 11.9 Å². The molecule has 1 aromatic heterocycles. The van der Waals surface area contributed by atoms with Crippen LogP contribution in [0.4, 0.5) is 4.39 Å². The first kappa shape index (κ1) is 14.9. The lowest BCUT2D eigenvalue weighted by atomic mass is 10.1. The molecule has 2 aliphatic heterocycles. The van der Waals surface area contributed by atoms with E-state index in [0.717, 1.165) is 31.2 Å². The Morgan fingerprint density at radius 3 is 3.00 bits per heavy atom. The van der Waals surface area contributed by atoms with Crippen molar-refractivity contribution in [1.29, 1.82) is 0 Å². The first-order valence-corrected chi connectivity index (χ1v) is 8.78. The Morgan fingerprint density at radius 1 is 1.28 bits per heavy atom.